The van der Waals surface area contributed by atoms with Gasteiger partial charge in [-0.1, -0.05) is 52.0 Å². The Hall–Kier alpha value is -3.72. The number of nitrogens with one attached hydrogen (secondary N) is 1. The molecule has 2 N–H and O–H groups in total. The first-order chi connectivity index (χ1) is 23.1. The summed E-state index contributed by atoms with van der Waals surface area (Å²) in [4.78, 5) is 59.9. The van der Waals surface area contributed by atoms with E-state index in [-0.39, 0.29) is 23.3 Å². The largest absolute Gasteiger partial charge is 0.484 e. The molecule has 0 spiro atoms. The average molecular weight is 725 g/mol. The summed E-state index contributed by atoms with van der Waals surface area (Å²) in [5, 5.41) is 0. The number of hydrogen-bond donors (Lipinski definition) is 2. The van der Waals surface area contributed by atoms with Gasteiger partial charge in [0.1, 0.15) is 17.7 Å². The third-order valence-electron chi connectivity index (χ3n) is 6.88. The van der Waals surface area contributed by atoms with Crippen molar-refractivity contribution in [3.05, 3.63) is 92.8 Å². The van der Waals surface area contributed by atoms with E-state index in [0.717, 1.165) is 6.07 Å². The van der Waals surface area contributed by atoms with Gasteiger partial charge in [-0.3, -0.25) is 37.5 Å². The fourth-order valence-corrected chi connectivity index (χ4v) is 6.78. The second kappa shape index (κ2) is 16.8. The van der Waals surface area contributed by atoms with E-state index in [1.807, 2.05) is 0 Å². The Morgan fingerprint density at radius 2 is 1.35 bits per heavy atom. The van der Waals surface area contributed by atoms with Crippen molar-refractivity contribution < 1.29 is 55.7 Å². The van der Waals surface area contributed by atoms with Crippen molar-refractivity contribution in [2.75, 3.05) is 6.61 Å². The van der Waals surface area contributed by atoms with Gasteiger partial charge in [0.05, 0.1) is 37.8 Å². The minimum absolute atomic E-state index is 0.274. The predicted molar refractivity (Wildman–Crippen MR) is 172 cm³/mol. The predicted octanol–water partition coefficient (Wildman–Crippen LogP) is 5.01. The average Bonchev–Trinajstić information content (AvgIpc) is 3.52. The number of aromatic amines is 1. The fraction of sp³-hybridized carbons (Fsp3) is 0.419. The van der Waals surface area contributed by atoms with Crippen LogP contribution in [0.15, 0.2) is 70.4 Å². The number of phosphoric acid groups is 2. The van der Waals surface area contributed by atoms with Crippen molar-refractivity contribution in [3.8, 4) is 11.5 Å². The fourth-order valence-electron chi connectivity index (χ4n) is 4.16. The zero-order valence-electron chi connectivity index (χ0n) is 27.2. The molecule has 0 saturated carbocycles. The molecule has 0 bridgehead atoms. The Balaban J connectivity index is 1.41. The number of benzene rings is 2. The number of nitrogens with zero attached hydrogens (tertiary/aromatic N) is 1. The normalized spacial score (nSPS) is 17.6. The van der Waals surface area contributed by atoms with Gasteiger partial charge in [0.2, 0.25) is 0 Å². The smallest absolute Gasteiger partial charge is 0.426 e. The zero-order chi connectivity index (χ0) is 35.8. The van der Waals surface area contributed by atoms with Crippen LogP contribution in [-0.2, 0) is 54.6 Å². The molecule has 3 aromatic rings. The number of carbonyl (C=O) groups is 2. The number of ether oxygens (including phenoxy) is 3. The standard InChI is InChI=1S/C31H38N2O14P2/c1-20(2)29(35)45-24-9-5-22(6-10-24)17-42-49(40,43-18-23-7-11-25(12-8-23)46-30(36)21(3)4)47-48(38,39)41-19-26-13-14-28(44-26)33-16-15-27(34)32-31(33)37/h5-12,15-16,20-21,26,28H,13-14,17-19H2,1-4H3,(H,38,39)(H,32,34,37)/t26-,28+/m0/s1. The maximum absolute atomic E-state index is 13.7. The monoisotopic (exact) mass is 724 g/mol. The number of H-pyrrole nitrogens is 1. The molecule has 1 fully saturated rings. The van der Waals surface area contributed by atoms with E-state index >= 15 is 0 Å². The highest BCUT2D eigenvalue weighted by molar-refractivity contribution is 7.61. The first-order valence-electron chi connectivity index (χ1n) is 15.3. The zero-order valence-corrected chi connectivity index (χ0v) is 29.0. The molecule has 3 atom stereocenters. The maximum atomic E-state index is 13.7. The summed E-state index contributed by atoms with van der Waals surface area (Å²) in [6.45, 7) is 5.48. The van der Waals surface area contributed by atoms with Crippen molar-refractivity contribution in [1.29, 1.82) is 0 Å². The van der Waals surface area contributed by atoms with Crippen LogP contribution < -0.4 is 20.7 Å². The van der Waals surface area contributed by atoms with Gasteiger partial charge in [-0.2, -0.15) is 4.31 Å². The highest BCUT2D eigenvalue weighted by Crippen LogP contribution is 2.64. The minimum Gasteiger partial charge on any atom is -0.426 e. The molecule has 1 saturated heterocycles. The van der Waals surface area contributed by atoms with Gasteiger partial charge in [0.25, 0.3) is 5.56 Å². The summed E-state index contributed by atoms with van der Waals surface area (Å²) < 4.78 is 65.0. The Bertz CT molecular complexity index is 1730. The first-order valence-corrected chi connectivity index (χ1v) is 18.2. The van der Waals surface area contributed by atoms with Crippen LogP contribution in [0.3, 0.4) is 0 Å². The van der Waals surface area contributed by atoms with Gasteiger partial charge in [0.15, 0.2) is 0 Å². The topological polar surface area (TPSA) is 208 Å². The molecule has 1 unspecified atom stereocenters. The summed E-state index contributed by atoms with van der Waals surface area (Å²) in [5.41, 5.74) is -0.378. The van der Waals surface area contributed by atoms with E-state index in [1.54, 1.807) is 27.7 Å². The van der Waals surface area contributed by atoms with Crippen LogP contribution in [0.1, 0.15) is 57.9 Å². The molecule has 266 valence electrons. The molecule has 0 aliphatic carbocycles. The molecular formula is C31H38N2O14P2. The van der Waals surface area contributed by atoms with Gasteiger partial charge < -0.3 is 19.1 Å². The van der Waals surface area contributed by atoms with Crippen molar-refractivity contribution in [3.63, 3.8) is 0 Å². The Morgan fingerprint density at radius 3 is 1.82 bits per heavy atom. The van der Waals surface area contributed by atoms with Gasteiger partial charge in [-0.25, -0.2) is 13.9 Å². The van der Waals surface area contributed by atoms with Gasteiger partial charge in [0, 0.05) is 12.3 Å². The summed E-state index contributed by atoms with van der Waals surface area (Å²) in [7, 11) is -9.94. The van der Waals surface area contributed by atoms with E-state index in [4.69, 9.17) is 32.1 Å². The van der Waals surface area contributed by atoms with Crippen molar-refractivity contribution in [2.24, 2.45) is 11.8 Å². The summed E-state index contributed by atoms with van der Waals surface area (Å²) in [6, 6.07) is 13.3. The second-order valence-electron chi connectivity index (χ2n) is 11.6. The second-order valence-corrected chi connectivity index (χ2v) is 14.8. The molecule has 2 aromatic carbocycles. The lowest BCUT2D eigenvalue weighted by atomic mass is 10.2. The molecule has 1 aliphatic heterocycles. The van der Waals surface area contributed by atoms with Crippen LogP contribution in [0, 0.1) is 11.8 Å². The summed E-state index contributed by atoms with van der Waals surface area (Å²) in [5.74, 6) is -0.986. The molecule has 0 radical (unpaired) electrons. The number of aromatic nitrogens is 2. The first kappa shape index (κ1) is 38.1. The molecule has 4 rings (SSSR count). The number of esters is 2. The number of carbonyl (C=O) groups excluding carboxylic acids is 2. The van der Waals surface area contributed by atoms with Gasteiger partial charge in [-0.05, 0) is 48.2 Å². The lowest BCUT2D eigenvalue weighted by Crippen LogP contribution is -2.31. The maximum Gasteiger partial charge on any atom is 0.484 e. The van der Waals surface area contributed by atoms with Crippen LogP contribution in [0.4, 0.5) is 0 Å². The molecule has 1 aliphatic rings. The summed E-state index contributed by atoms with van der Waals surface area (Å²) >= 11 is 0. The van der Waals surface area contributed by atoms with Crippen molar-refractivity contribution in [2.45, 2.75) is 66.1 Å². The van der Waals surface area contributed by atoms with Crippen LogP contribution in [0.2, 0.25) is 0 Å². The highest BCUT2D eigenvalue weighted by atomic mass is 31.3. The Morgan fingerprint density at radius 1 is 0.837 bits per heavy atom. The Kier molecular flexibility index (Phi) is 13.1. The molecule has 2 heterocycles. The Labute approximate surface area is 281 Å². The number of rotatable bonds is 16. The lowest BCUT2D eigenvalue weighted by molar-refractivity contribution is -0.138. The third-order valence-corrected chi connectivity index (χ3v) is 9.87. The van der Waals surface area contributed by atoms with E-state index in [1.165, 1.54) is 59.3 Å². The quantitative estimate of drug-likeness (QED) is 0.113. The molecule has 0 amide bonds. The van der Waals surface area contributed by atoms with E-state index in [2.05, 4.69) is 4.98 Å². The van der Waals surface area contributed by atoms with E-state index in [9.17, 15) is 33.2 Å². The van der Waals surface area contributed by atoms with Crippen molar-refractivity contribution in [1.82, 2.24) is 9.55 Å². The van der Waals surface area contributed by atoms with Crippen LogP contribution in [0.25, 0.3) is 0 Å². The highest BCUT2D eigenvalue weighted by Gasteiger charge is 2.40. The van der Waals surface area contributed by atoms with Crippen molar-refractivity contribution >= 4 is 27.6 Å². The van der Waals surface area contributed by atoms with Crippen LogP contribution in [0.5, 0.6) is 11.5 Å². The number of phosphoric ester groups is 2. The SMILES string of the molecule is CC(C)C(=O)Oc1ccc(COP(=O)(OCc2ccc(OC(=O)C(C)C)cc2)OP(=O)(O)OC[C@@H]2CC[C@H](n3ccc(=O)[nH]c3=O)O2)cc1. The van der Waals surface area contributed by atoms with Crippen LogP contribution >= 0.6 is 15.6 Å². The summed E-state index contributed by atoms with van der Waals surface area (Å²) in [6.07, 6.45) is 0.436. The number of hydrogen-bond acceptors (Lipinski definition) is 13. The molecule has 16 nitrogen and oxygen atoms in total. The molecule has 18 heteroatoms. The van der Waals surface area contributed by atoms with Gasteiger partial charge in [-0.15, -0.1) is 0 Å². The molecular weight excluding hydrogens is 686 g/mol. The van der Waals surface area contributed by atoms with E-state index < -0.39 is 71.0 Å². The lowest BCUT2D eigenvalue weighted by Gasteiger charge is -2.22. The molecule has 49 heavy (non-hydrogen) atoms. The third kappa shape index (κ3) is 11.7. The molecule has 1 aromatic heterocycles. The van der Waals surface area contributed by atoms with Crippen LogP contribution in [-0.4, -0.2) is 39.1 Å². The van der Waals surface area contributed by atoms with E-state index in [0.29, 0.717) is 24.0 Å². The minimum atomic E-state index is -5.11. The van der Waals surface area contributed by atoms with Gasteiger partial charge >= 0.3 is 33.3 Å².